The number of carboxylic acid groups (broad SMARTS) is 1. The van der Waals surface area contributed by atoms with E-state index in [1.54, 1.807) is 6.08 Å². The summed E-state index contributed by atoms with van der Waals surface area (Å²) >= 11 is 0. The van der Waals surface area contributed by atoms with E-state index in [0.717, 1.165) is 5.56 Å². The third-order valence-electron chi connectivity index (χ3n) is 3.96. The number of carbonyl (C=O) groups is 2. The first kappa shape index (κ1) is 16.3. The second-order valence-electron chi connectivity index (χ2n) is 5.49. The van der Waals surface area contributed by atoms with Crippen LogP contribution in [0.25, 0.3) is 6.08 Å². The maximum Gasteiger partial charge on any atom is 0.328 e. The molecule has 2 heterocycles. The Labute approximate surface area is 139 Å². The zero-order chi connectivity index (χ0) is 17.1. The average Bonchev–Trinajstić information content (AvgIpc) is 2.61. The van der Waals surface area contributed by atoms with Gasteiger partial charge < -0.3 is 24.2 Å². The summed E-state index contributed by atoms with van der Waals surface area (Å²) in [6, 6.07) is 4.50. The quantitative estimate of drug-likeness (QED) is 0.890. The molecule has 0 saturated carbocycles. The fourth-order valence-corrected chi connectivity index (χ4v) is 2.81. The van der Waals surface area contributed by atoms with Crippen LogP contribution in [0.2, 0.25) is 0 Å². The van der Waals surface area contributed by atoms with Crippen LogP contribution in [0.3, 0.4) is 0 Å². The molecule has 24 heavy (non-hydrogen) atoms. The number of hydrogen-bond donors (Lipinski definition) is 1. The van der Waals surface area contributed by atoms with Gasteiger partial charge >= 0.3 is 5.97 Å². The number of morpholine rings is 1. The molecule has 0 radical (unpaired) electrons. The van der Waals surface area contributed by atoms with Gasteiger partial charge in [-0.05, 0) is 19.1 Å². The second kappa shape index (κ2) is 6.92. The number of rotatable bonds is 4. The van der Waals surface area contributed by atoms with Crippen molar-refractivity contribution >= 4 is 18.0 Å². The van der Waals surface area contributed by atoms with Crippen molar-refractivity contribution < 1.29 is 28.9 Å². The molecule has 0 bridgehead atoms. The Balaban J connectivity index is 1.86. The van der Waals surface area contributed by atoms with Crippen molar-refractivity contribution in [2.24, 2.45) is 0 Å². The summed E-state index contributed by atoms with van der Waals surface area (Å²) in [5.41, 5.74) is 1.17. The fourth-order valence-electron chi connectivity index (χ4n) is 2.81. The summed E-state index contributed by atoms with van der Waals surface area (Å²) in [4.78, 5) is 25.4. The number of carbonyl (C=O) groups excluding carboxylic acids is 1. The Kier molecular flexibility index (Phi) is 4.71. The number of aliphatic carboxylic acids is 1. The lowest BCUT2D eigenvalue weighted by Gasteiger charge is -2.34. The predicted octanol–water partition coefficient (Wildman–Crippen LogP) is 1.17. The molecule has 2 aliphatic heterocycles. The molecule has 1 fully saturated rings. The number of carboxylic acids is 1. The molecule has 0 spiro atoms. The fraction of sp³-hybridized carbons (Fsp3) is 0.412. The molecule has 128 valence electrons. The summed E-state index contributed by atoms with van der Waals surface area (Å²) in [5, 5.41) is 9.27. The normalized spacial score (nSPS) is 19.8. The van der Waals surface area contributed by atoms with Gasteiger partial charge in [-0.25, -0.2) is 4.79 Å². The third kappa shape index (κ3) is 3.07. The Morgan fingerprint density at radius 2 is 2.25 bits per heavy atom. The standard InChI is InChI=1S/C17H19NO6/c1-2-23-14-5-3-4-11-8-12(9-24-15(11)14)16(19)18-6-7-22-10-13(18)17(20)21/h3-5,8,13H,2,6-7,9-10H2,1H3,(H,20,21). The van der Waals surface area contributed by atoms with E-state index < -0.39 is 12.0 Å². The van der Waals surface area contributed by atoms with Gasteiger partial charge in [0, 0.05) is 12.1 Å². The third-order valence-corrected chi connectivity index (χ3v) is 3.96. The topological polar surface area (TPSA) is 85.3 Å². The Morgan fingerprint density at radius 3 is 3.00 bits per heavy atom. The molecule has 3 rings (SSSR count). The van der Waals surface area contributed by atoms with Crippen molar-refractivity contribution in [3.8, 4) is 11.5 Å². The van der Waals surface area contributed by atoms with Gasteiger partial charge in [-0.2, -0.15) is 0 Å². The van der Waals surface area contributed by atoms with Gasteiger partial charge in [0.1, 0.15) is 6.61 Å². The molecular formula is C17H19NO6. The van der Waals surface area contributed by atoms with E-state index in [2.05, 4.69) is 0 Å². The van der Waals surface area contributed by atoms with Gasteiger partial charge in [-0.15, -0.1) is 0 Å². The van der Waals surface area contributed by atoms with Crippen molar-refractivity contribution in [3.05, 3.63) is 29.3 Å². The number of ether oxygens (including phenoxy) is 3. The van der Waals surface area contributed by atoms with Gasteiger partial charge in [0.25, 0.3) is 5.91 Å². The zero-order valence-corrected chi connectivity index (χ0v) is 13.4. The molecular weight excluding hydrogens is 314 g/mol. The maximum absolute atomic E-state index is 12.7. The molecule has 1 N–H and O–H groups in total. The van der Waals surface area contributed by atoms with Crippen LogP contribution in [0.4, 0.5) is 0 Å². The van der Waals surface area contributed by atoms with Crippen molar-refractivity contribution in [3.63, 3.8) is 0 Å². The van der Waals surface area contributed by atoms with Crippen molar-refractivity contribution in [2.45, 2.75) is 13.0 Å². The first-order valence-electron chi connectivity index (χ1n) is 7.82. The molecule has 7 nitrogen and oxygen atoms in total. The molecule has 1 aromatic rings. The van der Waals surface area contributed by atoms with E-state index in [1.165, 1.54) is 4.90 Å². The second-order valence-corrected chi connectivity index (χ2v) is 5.49. The highest BCUT2D eigenvalue weighted by Gasteiger charge is 2.35. The number of hydrogen-bond acceptors (Lipinski definition) is 5. The Bertz CT molecular complexity index is 684. The molecule has 1 saturated heterocycles. The monoisotopic (exact) mass is 333 g/mol. The lowest BCUT2D eigenvalue weighted by Crippen LogP contribution is -2.53. The van der Waals surface area contributed by atoms with Crippen LogP contribution in [0, 0.1) is 0 Å². The molecule has 1 amide bonds. The van der Waals surface area contributed by atoms with Crippen LogP contribution in [0.15, 0.2) is 23.8 Å². The van der Waals surface area contributed by atoms with Crippen molar-refractivity contribution in [2.75, 3.05) is 33.0 Å². The highest BCUT2D eigenvalue weighted by molar-refractivity contribution is 6.01. The van der Waals surface area contributed by atoms with E-state index >= 15 is 0 Å². The smallest absolute Gasteiger partial charge is 0.328 e. The van der Waals surface area contributed by atoms with E-state index in [9.17, 15) is 14.7 Å². The minimum Gasteiger partial charge on any atom is -0.490 e. The minimum atomic E-state index is -1.07. The molecule has 2 aliphatic rings. The summed E-state index contributed by atoms with van der Waals surface area (Å²) in [6.45, 7) is 3.06. The molecule has 1 unspecified atom stereocenters. The molecule has 0 aromatic heterocycles. The van der Waals surface area contributed by atoms with E-state index in [1.807, 2.05) is 25.1 Å². The SMILES string of the molecule is CCOc1cccc2c1OCC(C(=O)N1CCOCC1C(=O)O)=C2. The van der Waals surface area contributed by atoms with Crippen molar-refractivity contribution in [1.29, 1.82) is 0 Å². The van der Waals surface area contributed by atoms with Gasteiger partial charge in [-0.1, -0.05) is 12.1 Å². The lowest BCUT2D eigenvalue weighted by molar-refractivity contribution is -0.156. The summed E-state index contributed by atoms with van der Waals surface area (Å²) in [7, 11) is 0. The van der Waals surface area contributed by atoms with Crippen LogP contribution in [0.5, 0.6) is 11.5 Å². The van der Waals surface area contributed by atoms with E-state index in [0.29, 0.717) is 30.3 Å². The maximum atomic E-state index is 12.7. The van der Waals surface area contributed by atoms with Gasteiger partial charge in [0.2, 0.25) is 0 Å². The van der Waals surface area contributed by atoms with Crippen LogP contribution in [-0.2, 0) is 14.3 Å². The largest absolute Gasteiger partial charge is 0.490 e. The summed E-state index contributed by atoms with van der Waals surface area (Å²) in [6.07, 6.45) is 1.73. The van der Waals surface area contributed by atoms with Crippen LogP contribution < -0.4 is 9.47 Å². The number of fused-ring (bicyclic) bond motifs is 1. The number of amides is 1. The lowest BCUT2D eigenvalue weighted by atomic mass is 10.0. The van der Waals surface area contributed by atoms with Crippen molar-refractivity contribution in [1.82, 2.24) is 4.90 Å². The van der Waals surface area contributed by atoms with Crippen LogP contribution in [-0.4, -0.2) is 60.9 Å². The van der Waals surface area contributed by atoms with Crippen LogP contribution >= 0.6 is 0 Å². The minimum absolute atomic E-state index is 0.000283. The first-order valence-corrected chi connectivity index (χ1v) is 7.82. The van der Waals surface area contributed by atoms with E-state index in [-0.39, 0.29) is 25.7 Å². The molecule has 7 heteroatoms. The molecule has 0 aliphatic carbocycles. The Morgan fingerprint density at radius 1 is 1.42 bits per heavy atom. The summed E-state index contributed by atoms with van der Waals surface area (Å²) in [5.74, 6) is -0.169. The predicted molar refractivity (Wildman–Crippen MR) is 85.0 cm³/mol. The zero-order valence-electron chi connectivity index (χ0n) is 13.4. The molecule has 1 aromatic carbocycles. The molecule has 1 atom stereocenters. The summed E-state index contributed by atoms with van der Waals surface area (Å²) < 4.78 is 16.4. The first-order chi connectivity index (χ1) is 11.6. The van der Waals surface area contributed by atoms with Gasteiger partial charge in [0.15, 0.2) is 17.5 Å². The number of para-hydroxylation sites is 1. The highest BCUT2D eigenvalue weighted by Crippen LogP contribution is 2.36. The van der Waals surface area contributed by atoms with E-state index in [4.69, 9.17) is 14.2 Å². The van der Waals surface area contributed by atoms with Gasteiger partial charge in [0.05, 0.1) is 25.4 Å². The van der Waals surface area contributed by atoms with Gasteiger partial charge in [-0.3, -0.25) is 4.79 Å². The average molecular weight is 333 g/mol. The Hall–Kier alpha value is -2.54. The van der Waals surface area contributed by atoms with Crippen LogP contribution in [0.1, 0.15) is 12.5 Å². The number of benzene rings is 1. The number of nitrogens with zero attached hydrogens (tertiary/aromatic N) is 1. The highest BCUT2D eigenvalue weighted by atomic mass is 16.5.